The molecule has 6 heteroatoms. The van der Waals surface area contributed by atoms with E-state index in [9.17, 15) is 9.59 Å². The largest absolute Gasteiger partial charge is 0.340 e. The molecule has 0 aromatic carbocycles. The van der Waals surface area contributed by atoms with Crippen LogP contribution in [0.2, 0.25) is 0 Å². The SMILES string of the molecule is CCC1C(=O)NC2(CCCC2)C(=O)N1Cc1cnn(C)c1. The molecule has 1 saturated heterocycles. The van der Waals surface area contributed by atoms with Gasteiger partial charge in [-0.25, -0.2) is 0 Å². The number of carbonyl (C=O) groups excluding carboxylic acids is 2. The first-order chi connectivity index (χ1) is 10.1. The maximum atomic E-state index is 13.0. The Morgan fingerprint density at radius 3 is 2.67 bits per heavy atom. The molecule has 21 heavy (non-hydrogen) atoms. The Hall–Kier alpha value is -1.85. The molecule has 2 aliphatic rings. The molecule has 1 aliphatic heterocycles. The summed E-state index contributed by atoms with van der Waals surface area (Å²) >= 11 is 0. The Balaban J connectivity index is 1.89. The van der Waals surface area contributed by atoms with Crippen LogP contribution in [0, 0.1) is 0 Å². The van der Waals surface area contributed by atoms with Gasteiger partial charge < -0.3 is 10.2 Å². The van der Waals surface area contributed by atoms with Gasteiger partial charge in [-0.05, 0) is 19.3 Å². The van der Waals surface area contributed by atoms with Crippen LogP contribution in [0.5, 0.6) is 0 Å². The number of nitrogens with one attached hydrogen (secondary N) is 1. The summed E-state index contributed by atoms with van der Waals surface area (Å²) in [6.45, 7) is 2.40. The van der Waals surface area contributed by atoms with Crippen LogP contribution >= 0.6 is 0 Å². The minimum absolute atomic E-state index is 0.0112. The van der Waals surface area contributed by atoms with Gasteiger partial charge in [0.1, 0.15) is 11.6 Å². The monoisotopic (exact) mass is 290 g/mol. The molecule has 1 aliphatic carbocycles. The molecule has 1 atom stereocenters. The number of hydrogen-bond acceptors (Lipinski definition) is 3. The molecule has 6 nitrogen and oxygen atoms in total. The predicted octanol–water partition coefficient (Wildman–Crippen LogP) is 0.970. The second kappa shape index (κ2) is 5.16. The smallest absolute Gasteiger partial charge is 0.249 e. The Bertz CT molecular complexity index is 560. The van der Waals surface area contributed by atoms with E-state index in [0.717, 1.165) is 31.2 Å². The molecule has 3 rings (SSSR count). The molecule has 1 saturated carbocycles. The number of aryl methyl sites for hydroxylation is 1. The van der Waals surface area contributed by atoms with Crippen molar-refractivity contribution in [2.75, 3.05) is 0 Å². The van der Waals surface area contributed by atoms with Crippen molar-refractivity contribution < 1.29 is 9.59 Å². The van der Waals surface area contributed by atoms with E-state index in [1.54, 1.807) is 15.8 Å². The van der Waals surface area contributed by atoms with Gasteiger partial charge in [0.2, 0.25) is 11.8 Å². The molecular weight excluding hydrogens is 268 g/mol. The number of amides is 2. The summed E-state index contributed by atoms with van der Waals surface area (Å²) in [7, 11) is 1.85. The Labute approximate surface area is 124 Å². The van der Waals surface area contributed by atoms with E-state index < -0.39 is 5.54 Å². The second-order valence-corrected chi connectivity index (χ2v) is 6.16. The van der Waals surface area contributed by atoms with Gasteiger partial charge in [-0.1, -0.05) is 19.8 Å². The standard InChI is InChI=1S/C15H22N4O2/c1-3-12-13(20)17-15(6-4-5-7-15)14(21)19(12)10-11-8-16-18(2)9-11/h8-9,12H,3-7,10H2,1-2H3,(H,17,20). The van der Waals surface area contributed by atoms with Gasteiger partial charge in [0.15, 0.2) is 0 Å². The van der Waals surface area contributed by atoms with Gasteiger partial charge in [-0.2, -0.15) is 5.10 Å². The van der Waals surface area contributed by atoms with E-state index in [1.165, 1.54) is 0 Å². The summed E-state index contributed by atoms with van der Waals surface area (Å²) in [6, 6.07) is -0.371. The third kappa shape index (κ3) is 2.32. The minimum atomic E-state index is -0.648. The molecule has 2 heterocycles. The van der Waals surface area contributed by atoms with Crippen LogP contribution < -0.4 is 5.32 Å². The van der Waals surface area contributed by atoms with Gasteiger partial charge in [-0.15, -0.1) is 0 Å². The van der Waals surface area contributed by atoms with Crippen molar-refractivity contribution in [2.45, 2.75) is 57.2 Å². The van der Waals surface area contributed by atoms with E-state index in [0.29, 0.717) is 13.0 Å². The van der Waals surface area contributed by atoms with E-state index in [2.05, 4.69) is 10.4 Å². The van der Waals surface area contributed by atoms with Gasteiger partial charge in [0.25, 0.3) is 0 Å². The van der Waals surface area contributed by atoms with Crippen LogP contribution in [0.4, 0.5) is 0 Å². The number of piperazine rings is 1. The first-order valence-electron chi connectivity index (χ1n) is 7.66. The molecule has 1 N–H and O–H groups in total. The molecule has 1 spiro atoms. The maximum Gasteiger partial charge on any atom is 0.249 e. The lowest BCUT2D eigenvalue weighted by atomic mass is 9.90. The summed E-state index contributed by atoms with van der Waals surface area (Å²) in [6.07, 6.45) is 7.82. The number of carbonyl (C=O) groups is 2. The van der Waals surface area contributed by atoms with Crippen molar-refractivity contribution in [1.29, 1.82) is 0 Å². The lowest BCUT2D eigenvalue weighted by molar-refractivity contribution is -0.155. The van der Waals surface area contributed by atoms with Crippen LogP contribution in [0.25, 0.3) is 0 Å². The number of aromatic nitrogens is 2. The summed E-state index contributed by atoms with van der Waals surface area (Å²) in [4.78, 5) is 27.1. The molecule has 1 unspecified atom stereocenters. The van der Waals surface area contributed by atoms with Gasteiger partial charge in [-0.3, -0.25) is 14.3 Å². The van der Waals surface area contributed by atoms with Gasteiger partial charge >= 0.3 is 0 Å². The highest BCUT2D eigenvalue weighted by atomic mass is 16.2. The number of hydrogen-bond donors (Lipinski definition) is 1. The fourth-order valence-corrected chi connectivity index (χ4v) is 3.59. The molecular formula is C15H22N4O2. The summed E-state index contributed by atoms with van der Waals surface area (Å²) in [5.41, 5.74) is 0.317. The highest BCUT2D eigenvalue weighted by Crippen LogP contribution is 2.35. The zero-order valence-electron chi connectivity index (χ0n) is 12.6. The summed E-state index contributed by atoms with van der Waals surface area (Å²) in [5, 5.41) is 7.16. The van der Waals surface area contributed by atoms with Crippen molar-refractivity contribution in [3.63, 3.8) is 0 Å². The third-order valence-electron chi connectivity index (χ3n) is 4.67. The molecule has 114 valence electrons. The van der Waals surface area contributed by atoms with Crippen LogP contribution in [0.15, 0.2) is 12.4 Å². The molecule has 2 fully saturated rings. The second-order valence-electron chi connectivity index (χ2n) is 6.16. The predicted molar refractivity (Wildman–Crippen MR) is 77.2 cm³/mol. The first-order valence-corrected chi connectivity index (χ1v) is 7.66. The molecule has 0 radical (unpaired) electrons. The molecule has 2 amide bonds. The van der Waals surface area contributed by atoms with Crippen molar-refractivity contribution in [3.05, 3.63) is 18.0 Å². The third-order valence-corrected chi connectivity index (χ3v) is 4.67. The number of nitrogens with zero attached hydrogens (tertiary/aromatic N) is 3. The van der Waals surface area contributed by atoms with E-state index in [1.807, 2.05) is 20.2 Å². The van der Waals surface area contributed by atoms with Gasteiger partial charge in [0.05, 0.1) is 6.20 Å². The van der Waals surface area contributed by atoms with Crippen LogP contribution in [0.1, 0.15) is 44.6 Å². The van der Waals surface area contributed by atoms with Crippen molar-refractivity contribution in [3.8, 4) is 0 Å². The van der Waals surface area contributed by atoms with E-state index >= 15 is 0 Å². The van der Waals surface area contributed by atoms with Gasteiger partial charge in [0, 0.05) is 25.4 Å². The fourth-order valence-electron chi connectivity index (χ4n) is 3.59. The summed E-state index contributed by atoms with van der Waals surface area (Å²) in [5.74, 6) is 0.0678. The normalized spacial score (nSPS) is 24.7. The highest BCUT2D eigenvalue weighted by Gasteiger charge is 2.51. The van der Waals surface area contributed by atoms with Crippen molar-refractivity contribution in [2.24, 2.45) is 7.05 Å². The Morgan fingerprint density at radius 1 is 1.38 bits per heavy atom. The zero-order chi connectivity index (χ0) is 15.0. The lowest BCUT2D eigenvalue weighted by Gasteiger charge is -2.44. The lowest BCUT2D eigenvalue weighted by Crippen LogP contribution is -2.69. The first kappa shape index (κ1) is 14.1. The summed E-state index contributed by atoms with van der Waals surface area (Å²) < 4.78 is 1.72. The highest BCUT2D eigenvalue weighted by molar-refractivity contribution is 6.00. The Kier molecular flexibility index (Phi) is 3.47. The van der Waals surface area contributed by atoms with Crippen LogP contribution in [-0.2, 0) is 23.2 Å². The van der Waals surface area contributed by atoms with Crippen LogP contribution in [0.3, 0.4) is 0 Å². The quantitative estimate of drug-likeness (QED) is 0.902. The molecule has 0 bridgehead atoms. The van der Waals surface area contributed by atoms with E-state index in [4.69, 9.17) is 0 Å². The van der Waals surface area contributed by atoms with E-state index in [-0.39, 0.29) is 17.9 Å². The van der Waals surface area contributed by atoms with Crippen molar-refractivity contribution in [1.82, 2.24) is 20.0 Å². The minimum Gasteiger partial charge on any atom is -0.340 e. The van der Waals surface area contributed by atoms with Crippen molar-refractivity contribution >= 4 is 11.8 Å². The zero-order valence-corrected chi connectivity index (χ0v) is 12.6. The Morgan fingerprint density at radius 2 is 2.10 bits per heavy atom. The number of rotatable bonds is 3. The molecule has 1 aromatic heterocycles. The maximum absolute atomic E-state index is 13.0. The molecule has 1 aromatic rings. The average molecular weight is 290 g/mol. The topological polar surface area (TPSA) is 67.2 Å². The average Bonchev–Trinajstić information content (AvgIpc) is 3.06. The fraction of sp³-hybridized carbons (Fsp3) is 0.667. The van der Waals surface area contributed by atoms with Crippen LogP contribution in [-0.4, -0.2) is 38.1 Å².